The van der Waals surface area contributed by atoms with Crippen LogP contribution < -0.4 is 0 Å². The Bertz CT molecular complexity index is 877. The zero-order valence-electron chi connectivity index (χ0n) is 18.0. The van der Waals surface area contributed by atoms with Gasteiger partial charge < -0.3 is 14.7 Å². The van der Waals surface area contributed by atoms with E-state index in [1.165, 1.54) is 12.1 Å². The number of halogens is 2. The quantitative estimate of drug-likeness (QED) is 0.549. The molecular formula is C24H30ClFN2O3. The number of ether oxygens (including phenoxy) is 1. The van der Waals surface area contributed by atoms with Crippen molar-refractivity contribution < 1.29 is 19.1 Å². The molecule has 0 saturated heterocycles. The molecule has 3 rings (SSSR count). The zero-order valence-corrected chi connectivity index (χ0v) is 18.8. The summed E-state index contributed by atoms with van der Waals surface area (Å²) in [5.41, 5.74) is 2.51. The van der Waals surface area contributed by atoms with Crippen LogP contribution in [0.1, 0.15) is 31.4 Å². The molecule has 0 amide bonds. The van der Waals surface area contributed by atoms with Crippen molar-refractivity contribution in [1.29, 1.82) is 0 Å². The zero-order chi connectivity index (χ0) is 22.2. The van der Waals surface area contributed by atoms with Crippen molar-refractivity contribution in [2.75, 3.05) is 26.3 Å². The molecule has 2 aromatic rings. The summed E-state index contributed by atoms with van der Waals surface area (Å²) in [6, 6.07) is 14.0. The summed E-state index contributed by atoms with van der Waals surface area (Å²) in [5.74, 6) is 0.127. The Kier molecular flexibility index (Phi) is 8.84. The Hall–Kier alpha value is -1.99. The van der Waals surface area contributed by atoms with Gasteiger partial charge in [-0.15, -0.1) is 0 Å². The fourth-order valence-electron chi connectivity index (χ4n) is 3.56. The van der Waals surface area contributed by atoms with Gasteiger partial charge in [0.05, 0.1) is 18.4 Å². The summed E-state index contributed by atoms with van der Waals surface area (Å²) in [7, 11) is 0. The number of hydrogen-bond donors (Lipinski definition) is 1. The molecule has 7 heteroatoms. The van der Waals surface area contributed by atoms with E-state index in [1.807, 2.05) is 35.2 Å². The first kappa shape index (κ1) is 23.7. The van der Waals surface area contributed by atoms with Gasteiger partial charge in [-0.1, -0.05) is 60.9 Å². The minimum absolute atomic E-state index is 0.177. The topological polar surface area (TPSA) is 54.3 Å². The van der Waals surface area contributed by atoms with Crippen LogP contribution in [0.3, 0.4) is 0 Å². The Morgan fingerprint density at radius 2 is 2.03 bits per heavy atom. The van der Waals surface area contributed by atoms with Crippen molar-refractivity contribution in [3.05, 3.63) is 70.5 Å². The minimum atomic E-state index is -0.655. The summed E-state index contributed by atoms with van der Waals surface area (Å²) in [6.45, 7) is 6.39. The van der Waals surface area contributed by atoms with Crippen LogP contribution in [-0.2, 0) is 16.1 Å². The second-order valence-corrected chi connectivity index (χ2v) is 8.77. The number of aliphatic hydroxyl groups excluding tert-OH is 1. The third-order valence-electron chi connectivity index (χ3n) is 4.91. The molecule has 0 spiro atoms. The molecule has 2 aromatic carbocycles. The lowest BCUT2D eigenvalue weighted by Crippen LogP contribution is -2.39. The van der Waals surface area contributed by atoms with E-state index < -0.39 is 6.10 Å². The molecule has 31 heavy (non-hydrogen) atoms. The third kappa shape index (κ3) is 7.58. The number of nitrogens with zero attached hydrogens (tertiary/aromatic N) is 2. The smallest absolute Gasteiger partial charge is 0.145 e. The van der Waals surface area contributed by atoms with Crippen LogP contribution >= 0.6 is 11.6 Å². The molecule has 2 atom stereocenters. The van der Waals surface area contributed by atoms with Crippen molar-refractivity contribution in [2.24, 2.45) is 11.1 Å². The summed E-state index contributed by atoms with van der Waals surface area (Å²) >= 11 is 6.29. The summed E-state index contributed by atoms with van der Waals surface area (Å²) in [5, 5.41) is 15.3. The molecule has 0 fully saturated rings. The number of benzene rings is 2. The maximum absolute atomic E-state index is 13.7. The van der Waals surface area contributed by atoms with Crippen molar-refractivity contribution in [3.8, 4) is 0 Å². The van der Waals surface area contributed by atoms with E-state index in [-0.39, 0.29) is 18.5 Å². The molecule has 0 aromatic heterocycles. The van der Waals surface area contributed by atoms with Gasteiger partial charge in [0.2, 0.25) is 0 Å². The lowest BCUT2D eigenvalue weighted by atomic mass is 10.0. The second kappa shape index (κ2) is 11.6. The molecule has 0 aliphatic carbocycles. The van der Waals surface area contributed by atoms with Crippen molar-refractivity contribution >= 4 is 17.3 Å². The predicted octanol–water partition coefficient (Wildman–Crippen LogP) is 4.51. The van der Waals surface area contributed by atoms with Crippen LogP contribution in [-0.4, -0.2) is 54.2 Å². The van der Waals surface area contributed by atoms with Crippen molar-refractivity contribution in [1.82, 2.24) is 4.90 Å². The summed E-state index contributed by atoms with van der Waals surface area (Å²) < 4.78 is 19.2. The van der Waals surface area contributed by atoms with Gasteiger partial charge in [0.1, 0.15) is 11.9 Å². The van der Waals surface area contributed by atoms with E-state index in [4.69, 9.17) is 21.2 Å². The fraction of sp³-hybridized carbons (Fsp3) is 0.458. The van der Waals surface area contributed by atoms with E-state index in [9.17, 15) is 9.50 Å². The average Bonchev–Trinajstić information content (AvgIpc) is 3.16. The van der Waals surface area contributed by atoms with E-state index in [0.717, 1.165) is 16.8 Å². The van der Waals surface area contributed by atoms with E-state index in [1.54, 1.807) is 6.07 Å². The highest BCUT2D eigenvalue weighted by molar-refractivity contribution is 6.34. The van der Waals surface area contributed by atoms with Crippen LogP contribution in [0.15, 0.2) is 53.7 Å². The molecule has 1 N–H and O–H groups in total. The monoisotopic (exact) mass is 448 g/mol. The number of rotatable bonds is 11. The van der Waals surface area contributed by atoms with Crippen LogP contribution in [0.2, 0.25) is 5.02 Å². The highest BCUT2D eigenvalue weighted by atomic mass is 35.5. The largest absolute Gasteiger partial charge is 0.390 e. The molecule has 1 aliphatic heterocycles. The molecule has 1 aliphatic rings. The van der Waals surface area contributed by atoms with Gasteiger partial charge in [0, 0.05) is 43.2 Å². The van der Waals surface area contributed by atoms with E-state index >= 15 is 0 Å². The van der Waals surface area contributed by atoms with Crippen LogP contribution in [0.25, 0.3) is 0 Å². The number of aliphatic hydroxyl groups is 1. The van der Waals surface area contributed by atoms with E-state index in [0.29, 0.717) is 43.6 Å². The number of hydrogen-bond acceptors (Lipinski definition) is 5. The minimum Gasteiger partial charge on any atom is -0.390 e. The van der Waals surface area contributed by atoms with E-state index in [2.05, 4.69) is 19.0 Å². The lowest BCUT2D eigenvalue weighted by Gasteiger charge is -2.27. The van der Waals surface area contributed by atoms with Gasteiger partial charge in [-0.2, -0.15) is 0 Å². The molecule has 0 unspecified atom stereocenters. The van der Waals surface area contributed by atoms with Crippen molar-refractivity contribution in [3.63, 3.8) is 0 Å². The van der Waals surface area contributed by atoms with Gasteiger partial charge in [-0.3, -0.25) is 4.90 Å². The van der Waals surface area contributed by atoms with Gasteiger partial charge in [-0.05, 0) is 29.7 Å². The molecule has 0 saturated carbocycles. The van der Waals surface area contributed by atoms with Gasteiger partial charge in [0.25, 0.3) is 0 Å². The average molecular weight is 449 g/mol. The van der Waals surface area contributed by atoms with Gasteiger partial charge >= 0.3 is 0 Å². The highest BCUT2D eigenvalue weighted by Crippen LogP contribution is 2.23. The third-order valence-corrected chi connectivity index (χ3v) is 5.23. The lowest BCUT2D eigenvalue weighted by molar-refractivity contribution is -0.00735. The summed E-state index contributed by atoms with van der Waals surface area (Å²) in [6.07, 6.45) is -0.218. The first-order valence-corrected chi connectivity index (χ1v) is 11.0. The molecule has 5 nitrogen and oxygen atoms in total. The Morgan fingerprint density at radius 3 is 2.77 bits per heavy atom. The Labute approximate surface area is 188 Å². The molecular weight excluding hydrogens is 419 g/mol. The normalized spacial score (nSPS) is 17.1. The Balaban J connectivity index is 1.61. The highest BCUT2D eigenvalue weighted by Gasteiger charge is 2.26. The van der Waals surface area contributed by atoms with Gasteiger partial charge in [-0.25, -0.2) is 4.39 Å². The first-order valence-electron chi connectivity index (χ1n) is 10.6. The van der Waals surface area contributed by atoms with Crippen LogP contribution in [0.4, 0.5) is 4.39 Å². The number of oxime groups is 1. The Morgan fingerprint density at radius 1 is 1.23 bits per heavy atom. The second-order valence-electron chi connectivity index (χ2n) is 8.36. The van der Waals surface area contributed by atoms with Crippen LogP contribution in [0.5, 0.6) is 0 Å². The summed E-state index contributed by atoms with van der Waals surface area (Å²) in [4.78, 5) is 7.71. The first-order chi connectivity index (χ1) is 14.9. The molecule has 168 valence electrons. The molecule has 0 bridgehead atoms. The standard InChI is InChI=1S/C24H30ClFN2O3/c1-17(2)15-30-16-20(29)13-28(12-18-6-5-7-19(26)10-18)14-21-11-24(27-31-21)22-8-3-4-9-23(22)25/h3-10,17,20-21,29H,11-16H2,1-2H3/t20-,21-/m0/s1. The predicted molar refractivity (Wildman–Crippen MR) is 121 cm³/mol. The maximum atomic E-state index is 13.7. The SMILES string of the molecule is CC(C)COC[C@@H](O)CN(Cc1cccc(F)c1)C[C@@H]1CC(c2ccccc2Cl)=NO1. The fourth-order valence-corrected chi connectivity index (χ4v) is 3.80. The molecule has 0 radical (unpaired) electrons. The maximum Gasteiger partial charge on any atom is 0.145 e. The van der Waals surface area contributed by atoms with Gasteiger partial charge in [0.15, 0.2) is 0 Å². The van der Waals surface area contributed by atoms with Crippen LogP contribution in [0, 0.1) is 11.7 Å². The van der Waals surface area contributed by atoms with Crippen molar-refractivity contribution in [2.45, 2.75) is 39.0 Å². The molecule has 1 heterocycles.